The Bertz CT molecular complexity index is 753. The van der Waals surface area contributed by atoms with Crippen molar-refractivity contribution in [1.82, 2.24) is 9.62 Å². The molecule has 1 fully saturated rings. The van der Waals surface area contributed by atoms with Crippen LogP contribution in [0.1, 0.15) is 64.2 Å². The Balaban J connectivity index is 2.07. The van der Waals surface area contributed by atoms with Gasteiger partial charge in [-0.2, -0.15) is 4.31 Å². The van der Waals surface area contributed by atoms with Gasteiger partial charge < -0.3 is 10.1 Å². The minimum Gasteiger partial charge on any atom is -0.373 e. The van der Waals surface area contributed by atoms with Crippen LogP contribution < -0.4 is 5.32 Å². The molecule has 1 N–H and O–H groups in total. The molecule has 3 atom stereocenters. The Hall–Kier alpha value is -1.44. The number of hydrogen-bond donors (Lipinski definition) is 1. The van der Waals surface area contributed by atoms with Crippen molar-refractivity contribution in [1.29, 1.82) is 0 Å². The lowest BCUT2D eigenvalue weighted by Gasteiger charge is -2.34. The van der Waals surface area contributed by atoms with Crippen LogP contribution in [0.2, 0.25) is 0 Å². The van der Waals surface area contributed by atoms with Gasteiger partial charge in [-0.25, -0.2) is 8.42 Å². The van der Waals surface area contributed by atoms with E-state index < -0.39 is 10.0 Å². The molecule has 1 aromatic carbocycles. The number of morpholine rings is 1. The SMILES string of the molecule is CC(C)CCCC(C)NC(=O)c1cccc(S(=O)(=O)N2CC(C)OC(C)C2)c1. The molecular weight excluding hydrogens is 376 g/mol. The van der Waals surface area contributed by atoms with Gasteiger partial charge in [0.15, 0.2) is 0 Å². The minimum atomic E-state index is -3.66. The van der Waals surface area contributed by atoms with Crippen LogP contribution in [0.5, 0.6) is 0 Å². The molecule has 1 saturated heterocycles. The zero-order valence-corrected chi connectivity index (χ0v) is 18.5. The fourth-order valence-electron chi connectivity index (χ4n) is 3.49. The molecule has 28 heavy (non-hydrogen) atoms. The second kappa shape index (κ2) is 9.85. The highest BCUT2D eigenvalue weighted by Crippen LogP contribution is 2.22. The molecule has 7 heteroatoms. The Morgan fingerprint density at radius 1 is 1.18 bits per heavy atom. The fourth-order valence-corrected chi connectivity index (χ4v) is 5.12. The summed E-state index contributed by atoms with van der Waals surface area (Å²) in [6.45, 7) is 10.7. The molecule has 3 unspecified atom stereocenters. The first-order chi connectivity index (χ1) is 13.1. The molecule has 0 radical (unpaired) electrons. The maximum absolute atomic E-state index is 13.0. The fraction of sp³-hybridized carbons (Fsp3) is 0.667. The molecule has 1 heterocycles. The van der Waals surface area contributed by atoms with E-state index in [2.05, 4.69) is 19.2 Å². The van der Waals surface area contributed by atoms with E-state index in [9.17, 15) is 13.2 Å². The monoisotopic (exact) mass is 410 g/mol. The van der Waals surface area contributed by atoms with Gasteiger partial charge in [0.05, 0.1) is 17.1 Å². The summed E-state index contributed by atoms with van der Waals surface area (Å²) in [5.74, 6) is 0.410. The molecule has 1 aliphatic rings. The smallest absolute Gasteiger partial charge is 0.251 e. The van der Waals surface area contributed by atoms with E-state index in [4.69, 9.17) is 4.74 Å². The number of ether oxygens (including phenoxy) is 1. The number of nitrogens with one attached hydrogen (secondary N) is 1. The lowest BCUT2D eigenvalue weighted by molar-refractivity contribution is -0.0440. The third-order valence-electron chi connectivity index (χ3n) is 4.92. The van der Waals surface area contributed by atoms with Gasteiger partial charge in [0.25, 0.3) is 5.91 Å². The topological polar surface area (TPSA) is 75.7 Å². The van der Waals surface area contributed by atoms with Crippen LogP contribution in [0.4, 0.5) is 0 Å². The van der Waals surface area contributed by atoms with Gasteiger partial charge in [-0.3, -0.25) is 4.79 Å². The highest BCUT2D eigenvalue weighted by molar-refractivity contribution is 7.89. The van der Waals surface area contributed by atoms with E-state index >= 15 is 0 Å². The summed E-state index contributed by atoms with van der Waals surface area (Å²) in [5.41, 5.74) is 0.367. The lowest BCUT2D eigenvalue weighted by atomic mass is 10.0. The Morgan fingerprint density at radius 3 is 2.43 bits per heavy atom. The van der Waals surface area contributed by atoms with Crippen molar-refractivity contribution in [3.8, 4) is 0 Å². The van der Waals surface area contributed by atoms with Crippen molar-refractivity contribution >= 4 is 15.9 Å². The molecule has 158 valence electrons. The molecule has 0 spiro atoms. The Kier molecular flexibility index (Phi) is 8.04. The van der Waals surface area contributed by atoms with Gasteiger partial charge in [0.1, 0.15) is 0 Å². The van der Waals surface area contributed by atoms with Gasteiger partial charge in [0, 0.05) is 24.7 Å². The van der Waals surface area contributed by atoms with Crippen LogP contribution in [0.25, 0.3) is 0 Å². The summed E-state index contributed by atoms with van der Waals surface area (Å²) >= 11 is 0. The van der Waals surface area contributed by atoms with E-state index in [1.54, 1.807) is 18.2 Å². The van der Waals surface area contributed by atoms with Crippen LogP contribution in [-0.2, 0) is 14.8 Å². The number of sulfonamides is 1. The van der Waals surface area contributed by atoms with Gasteiger partial charge in [0.2, 0.25) is 10.0 Å². The van der Waals surface area contributed by atoms with Crippen LogP contribution in [-0.4, -0.2) is 50.0 Å². The normalized spacial score (nSPS) is 22.2. The average molecular weight is 411 g/mol. The molecular formula is C21H34N2O4S. The summed E-state index contributed by atoms with van der Waals surface area (Å²) in [5, 5.41) is 2.97. The van der Waals surface area contributed by atoms with Crippen LogP contribution in [0.15, 0.2) is 29.2 Å². The second-order valence-corrected chi connectivity index (χ2v) is 10.2. The van der Waals surface area contributed by atoms with Gasteiger partial charge in [-0.1, -0.05) is 32.8 Å². The van der Waals surface area contributed by atoms with E-state index in [0.29, 0.717) is 24.6 Å². The molecule has 1 amide bonds. The third-order valence-corrected chi connectivity index (χ3v) is 6.74. The zero-order valence-electron chi connectivity index (χ0n) is 17.6. The summed E-state index contributed by atoms with van der Waals surface area (Å²) in [6, 6.07) is 6.34. The van der Waals surface area contributed by atoms with Crippen molar-refractivity contribution in [2.24, 2.45) is 5.92 Å². The average Bonchev–Trinajstić information content (AvgIpc) is 2.60. The maximum Gasteiger partial charge on any atom is 0.251 e. The van der Waals surface area contributed by atoms with Crippen LogP contribution in [0, 0.1) is 5.92 Å². The first kappa shape index (κ1) is 22.8. The first-order valence-electron chi connectivity index (χ1n) is 10.2. The van der Waals surface area contributed by atoms with E-state index in [1.807, 2.05) is 20.8 Å². The second-order valence-electron chi connectivity index (χ2n) is 8.31. The number of nitrogens with zero attached hydrogens (tertiary/aromatic N) is 1. The highest BCUT2D eigenvalue weighted by Gasteiger charge is 2.32. The van der Waals surface area contributed by atoms with Crippen molar-refractivity contribution < 1.29 is 17.9 Å². The van der Waals surface area contributed by atoms with Crippen LogP contribution in [0.3, 0.4) is 0 Å². The van der Waals surface area contributed by atoms with Crippen molar-refractivity contribution in [2.45, 2.75) is 77.0 Å². The molecule has 1 aromatic rings. The molecule has 0 aromatic heterocycles. The predicted molar refractivity (Wildman–Crippen MR) is 111 cm³/mol. The maximum atomic E-state index is 13.0. The first-order valence-corrected chi connectivity index (χ1v) is 11.6. The number of amides is 1. The third kappa shape index (κ3) is 6.29. The Labute approximate surface area is 169 Å². The molecule has 0 bridgehead atoms. The van der Waals surface area contributed by atoms with E-state index in [-0.39, 0.29) is 29.1 Å². The minimum absolute atomic E-state index is 0.0486. The molecule has 0 saturated carbocycles. The summed E-state index contributed by atoms with van der Waals surface area (Å²) in [6.07, 6.45) is 2.78. The van der Waals surface area contributed by atoms with Gasteiger partial charge in [-0.15, -0.1) is 0 Å². The predicted octanol–water partition coefficient (Wildman–Crippen LogP) is 3.43. The standard InChI is InChI=1S/C21H34N2O4S/c1-15(2)8-6-9-16(3)22-21(24)19-10-7-11-20(12-19)28(25,26)23-13-17(4)27-18(5)14-23/h7,10-12,15-18H,6,8-9,13-14H2,1-5H3,(H,22,24). The number of carbonyl (C=O) groups is 1. The highest BCUT2D eigenvalue weighted by atomic mass is 32.2. The number of carbonyl (C=O) groups excluding carboxylic acids is 1. The number of rotatable bonds is 8. The van der Waals surface area contributed by atoms with Crippen LogP contribution >= 0.6 is 0 Å². The lowest BCUT2D eigenvalue weighted by Crippen LogP contribution is -2.48. The zero-order chi connectivity index (χ0) is 20.9. The number of benzene rings is 1. The van der Waals surface area contributed by atoms with Crippen molar-refractivity contribution in [3.05, 3.63) is 29.8 Å². The van der Waals surface area contributed by atoms with Gasteiger partial charge in [-0.05, 0) is 51.3 Å². The molecule has 2 rings (SSSR count). The summed E-state index contributed by atoms with van der Waals surface area (Å²) < 4.78 is 33.1. The molecule has 0 aliphatic carbocycles. The summed E-state index contributed by atoms with van der Waals surface area (Å²) in [4.78, 5) is 12.7. The quantitative estimate of drug-likeness (QED) is 0.712. The van der Waals surface area contributed by atoms with E-state index in [1.165, 1.54) is 10.4 Å². The van der Waals surface area contributed by atoms with E-state index in [0.717, 1.165) is 19.3 Å². The molecule has 6 nitrogen and oxygen atoms in total. The van der Waals surface area contributed by atoms with Crippen molar-refractivity contribution in [2.75, 3.05) is 13.1 Å². The number of hydrogen-bond acceptors (Lipinski definition) is 4. The molecule has 1 aliphatic heterocycles. The van der Waals surface area contributed by atoms with Gasteiger partial charge >= 0.3 is 0 Å². The Morgan fingerprint density at radius 2 is 1.82 bits per heavy atom. The van der Waals surface area contributed by atoms with Crippen molar-refractivity contribution in [3.63, 3.8) is 0 Å². The summed E-state index contributed by atoms with van der Waals surface area (Å²) in [7, 11) is -3.66. The largest absolute Gasteiger partial charge is 0.373 e.